The minimum atomic E-state index is 0.481. The van der Waals surface area contributed by atoms with Crippen LogP contribution in [0.5, 0.6) is 0 Å². The van der Waals surface area contributed by atoms with Crippen LogP contribution in [0, 0.1) is 22.2 Å². The smallest absolute Gasteiger partial charge is 0.0661 e. The highest BCUT2D eigenvalue weighted by Crippen LogP contribution is 2.64. The number of ether oxygens (including phenoxy) is 1. The van der Waals surface area contributed by atoms with Crippen LogP contribution in [0.1, 0.15) is 72.6 Å². The molecule has 0 heterocycles. The van der Waals surface area contributed by atoms with Crippen LogP contribution >= 0.6 is 0 Å². The van der Waals surface area contributed by atoms with Gasteiger partial charge in [0.05, 0.1) is 6.10 Å². The summed E-state index contributed by atoms with van der Waals surface area (Å²) in [5, 5.41) is 4.18. The Labute approximate surface area is 130 Å². The molecular weight excluding hydrogens is 258 g/mol. The van der Waals surface area contributed by atoms with Crippen LogP contribution in [0.25, 0.3) is 0 Å². The van der Waals surface area contributed by atoms with Gasteiger partial charge in [0, 0.05) is 24.1 Å². The number of nitrogens with one attached hydrogen (secondary N) is 1. The molecule has 2 bridgehead atoms. The van der Waals surface area contributed by atoms with Crippen LogP contribution in [-0.4, -0.2) is 24.8 Å². The van der Waals surface area contributed by atoms with Crippen LogP contribution in [0.15, 0.2) is 0 Å². The fourth-order valence-corrected chi connectivity index (χ4v) is 6.59. The third-order valence-corrected chi connectivity index (χ3v) is 8.07. The molecule has 0 saturated heterocycles. The first-order valence-electron chi connectivity index (χ1n) is 9.30. The maximum absolute atomic E-state index is 6.03. The molecule has 2 heteroatoms. The van der Waals surface area contributed by atoms with E-state index in [2.05, 4.69) is 33.0 Å². The summed E-state index contributed by atoms with van der Waals surface area (Å²) in [5.41, 5.74) is 1.54. The maximum atomic E-state index is 6.03. The van der Waals surface area contributed by atoms with Crippen molar-refractivity contribution in [1.82, 2.24) is 5.32 Å². The summed E-state index contributed by atoms with van der Waals surface area (Å²) < 4.78 is 6.03. The van der Waals surface area contributed by atoms with Gasteiger partial charge in [0.2, 0.25) is 0 Å². The number of hydrogen-bond donors (Lipinski definition) is 1. The van der Waals surface area contributed by atoms with E-state index in [1.807, 2.05) is 0 Å². The Morgan fingerprint density at radius 1 is 1.14 bits per heavy atom. The van der Waals surface area contributed by atoms with Crippen LogP contribution in [-0.2, 0) is 4.74 Å². The normalized spacial score (nSPS) is 49.1. The fourth-order valence-electron chi connectivity index (χ4n) is 6.59. The lowest BCUT2D eigenvalue weighted by molar-refractivity contribution is -0.179. The second-order valence-corrected chi connectivity index (χ2v) is 9.33. The predicted molar refractivity (Wildman–Crippen MR) is 86.3 cm³/mol. The minimum absolute atomic E-state index is 0.481. The van der Waals surface area contributed by atoms with Gasteiger partial charge in [0.1, 0.15) is 0 Å². The third-order valence-electron chi connectivity index (χ3n) is 8.07. The van der Waals surface area contributed by atoms with Gasteiger partial charge in [-0.2, -0.15) is 0 Å². The largest absolute Gasteiger partial charge is 0.378 e. The number of hydrogen-bond acceptors (Lipinski definition) is 2. The van der Waals surface area contributed by atoms with E-state index in [4.69, 9.17) is 4.74 Å². The molecule has 5 atom stereocenters. The number of fused-ring (bicyclic) bond motifs is 2. The van der Waals surface area contributed by atoms with E-state index in [9.17, 15) is 0 Å². The van der Waals surface area contributed by atoms with Gasteiger partial charge < -0.3 is 10.1 Å². The quantitative estimate of drug-likeness (QED) is 0.840. The van der Waals surface area contributed by atoms with Gasteiger partial charge in [-0.3, -0.25) is 0 Å². The van der Waals surface area contributed by atoms with Gasteiger partial charge in [-0.05, 0) is 62.2 Å². The van der Waals surface area contributed by atoms with Gasteiger partial charge in [0.25, 0.3) is 0 Å². The predicted octanol–water partition coefficient (Wildman–Crippen LogP) is 4.14. The molecule has 5 unspecified atom stereocenters. The van der Waals surface area contributed by atoms with Gasteiger partial charge in [-0.1, -0.05) is 27.2 Å². The lowest BCUT2D eigenvalue weighted by Gasteiger charge is -2.63. The first kappa shape index (κ1) is 14.5. The number of rotatable bonds is 4. The topological polar surface area (TPSA) is 21.3 Å². The molecule has 0 aromatic rings. The molecule has 0 amide bonds. The molecular formula is C19H33NO. The lowest BCUT2D eigenvalue weighted by atomic mass is 9.50. The molecule has 21 heavy (non-hydrogen) atoms. The summed E-state index contributed by atoms with van der Waals surface area (Å²) in [6, 6.07) is 1.44. The van der Waals surface area contributed by atoms with Gasteiger partial charge >= 0.3 is 0 Å². The Morgan fingerprint density at radius 2 is 1.90 bits per heavy atom. The Balaban J connectivity index is 1.50. The SMILES string of the molecule is CCOC1CC(NC2C3(C)CCC(C3)C2(C)C)C12CCC2. The molecule has 4 fully saturated rings. The molecule has 120 valence electrons. The first-order valence-corrected chi connectivity index (χ1v) is 9.30. The van der Waals surface area contributed by atoms with Crippen molar-refractivity contribution < 1.29 is 4.74 Å². The molecule has 4 rings (SSSR count). The highest BCUT2D eigenvalue weighted by atomic mass is 16.5. The molecule has 2 nitrogen and oxygen atoms in total. The molecule has 0 radical (unpaired) electrons. The van der Waals surface area contributed by atoms with E-state index in [0.717, 1.165) is 18.6 Å². The van der Waals surface area contributed by atoms with E-state index >= 15 is 0 Å². The van der Waals surface area contributed by atoms with E-state index in [0.29, 0.717) is 28.4 Å². The van der Waals surface area contributed by atoms with Crippen molar-refractivity contribution in [2.45, 2.75) is 90.8 Å². The summed E-state index contributed by atoms with van der Waals surface area (Å²) in [5.74, 6) is 0.945. The molecule has 1 N–H and O–H groups in total. The molecule has 0 aliphatic heterocycles. The molecule has 1 spiro atoms. The van der Waals surface area contributed by atoms with Gasteiger partial charge in [0.15, 0.2) is 0 Å². The Morgan fingerprint density at radius 3 is 2.43 bits per heavy atom. The zero-order valence-electron chi connectivity index (χ0n) is 14.4. The first-order chi connectivity index (χ1) is 9.92. The summed E-state index contributed by atoms with van der Waals surface area (Å²) in [6.45, 7) is 10.6. The van der Waals surface area contributed by atoms with Gasteiger partial charge in [-0.15, -0.1) is 0 Å². The van der Waals surface area contributed by atoms with E-state index in [-0.39, 0.29) is 0 Å². The summed E-state index contributed by atoms with van der Waals surface area (Å²) in [7, 11) is 0. The molecule has 0 aromatic heterocycles. The summed E-state index contributed by atoms with van der Waals surface area (Å²) in [4.78, 5) is 0. The maximum Gasteiger partial charge on any atom is 0.0661 e. The highest BCUT2D eigenvalue weighted by molar-refractivity contribution is 5.18. The average Bonchev–Trinajstić information content (AvgIpc) is 2.80. The molecule has 4 saturated carbocycles. The summed E-state index contributed by atoms with van der Waals surface area (Å²) >= 11 is 0. The van der Waals surface area contributed by atoms with Crippen LogP contribution in [0.2, 0.25) is 0 Å². The van der Waals surface area contributed by atoms with Crippen molar-refractivity contribution in [3.63, 3.8) is 0 Å². The average molecular weight is 291 g/mol. The van der Waals surface area contributed by atoms with Crippen molar-refractivity contribution in [2.24, 2.45) is 22.2 Å². The van der Waals surface area contributed by atoms with Crippen molar-refractivity contribution in [3.05, 3.63) is 0 Å². The molecule has 0 aromatic carbocycles. The Kier molecular flexibility index (Phi) is 3.09. The lowest BCUT2D eigenvalue weighted by Crippen LogP contribution is -2.70. The standard InChI is InChI=1S/C19H33NO/c1-5-21-15-11-14(19(15)8-6-9-19)20-16-17(2,3)13-7-10-18(16,4)12-13/h13-16,20H,5-12H2,1-4H3. The van der Waals surface area contributed by atoms with E-state index < -0.39 is 0 Å². The van der Waals surface area contributed by atoms with E-state index in [1.165, 1.54) is 44.9 Å². The van der Waals surface area contributed by atoms with Crippen LogP contribution in [0.4, 0.5) is 0 Å². The zero-order chi connectivity index (χ0) is 14.9. The summed E-state index contributed by atoms with van der Waals surface area (Å²) in [6.07, 6.45) is 10.3. The third kappa shape index (κ3) is 1.78. The fraction of sp³-hybridized carbons (Fsp3) is 1.00. The molecule has 4 aliphatic rings. The van der Waals surface area contributed by atoms with Crippen molar-refractivity contribution in [2.75, 3.05) is 6.61 Å². The molecule has 4 aliphatic carbocycles. The van der Waals surface area contributed by atoms with Crippen molar-refractivity contribution in [3.8, 4) is 0 Å². The monoisotopic (exact) mass is 291 g/mol. The van der Waals surface area contributed by atoms with E-state index in [1.54, 1.807) is 0 Å². The highest BCUT2D eigenvalue weighted by Gasteiger charge is 2.64. The second kappa shape index (κ2) is 4.47. The van der Waals surface area contributed by atoms with Crippen LogP contribution in [0.3, 0.4) is 0 Å². The minimum Gasteiger partial charge on any atom is -0.378 e. The Bertz CT molecular complexity index is 423. The van der Waals surface area contributed by atoms with Crippen molar-refractivity contribution in [1.29, 1.82) is 0 Å². The van der Waals surface area contributed by atoms with Crippen LogP contribution < -0.4 is 5.32 Å². The van der Waals surface area contributed by atoms with Crippen molar-refractivity contribution >= 4 is 0 Å². The van der Waals surface area contributed by atoms with Gasteiger partial charge in [-0.25, -0.2) is 0 Å². The zero-order valence-corrected chi connectivity index (χ0v) is 14.4. The Hall–Kier alpha value is -0.0800. The second-order valence-electron chi connectivity index (χ2n) is 9.33.